The van der Waals surface area contributed by atoms with Gasteiger partial charge in [-0.3, -0.25) is 19.2 Å². The number of hydrogen-bond donors (Lipinski definition) is 0. The van der Waals surface area contributed by atoms with E-state index in [1.165, 1.54) is 6.20 Å². The van der Waals surface area contributed by atoms with Crippen molar-refractivity contribution >= 4 is 47.7 Å². The third-order valence-electron chi connectivity index (χ3n) is 9.94. The summed E-state index contributed by atoms with van der Waals surface area (Å²) in [6.45, 7) is 17.2. The summed E-state index contributed by atoms with van der Waals surface area (Å²) in [5.74, 6) is -2.17. The van der Waals surface area contributed by atoms with Gasteiger partial charge in [0.05, 0.1) is 27.9 Å². The Morgan fingerprint density at radius 3 is 2.03 bits per heavy atom. The lowest BCUT2D eigenvalue weighted by molar-refractivity contribution is -0.256. The van der Waals surface area contributed by atoms with E-state index in [2.05, 4.69) is 6.92 Å². The van der Waals surface area contributed by atoms with Crippen LogP contribution in [0.25, 0.3) is 0 Å². The van der Waals surface area contributed by atoms with E-state index in [0.717, 1.165) is 31.1 Å². The Hall–Kier alpha value is -3.97. The highest BCUT2D eigenvalue weighted by molar-refractivity contribution is 6.42. The molecule has 0 radical (unpaired) electrons. The van der Waals surface area contributed by atoms with Gasteiger partial charge in [-0.05, 0) is 87.1 Å². The van der Waals surface area contributed by atoms with E-state index in [4.69, 9.17) is 35.3 Å². The molecule has 2 aliphatic heterocycles. The molecule has 13 nitrogen and oxygen atoms in total. The van der Waals surface area contributed by atoms with E-state index < -0.39 is 76.9 Å². The molecule has 14 heteroatoms. The van der Waals surface area contributed by atoms with Crippen molar-refractivity contribution in [3.05, 3.63) is 47.1 Å². The number of nitrogens with zero attached hydrogens (tertiary/aromatic N) is 2. The van der Waals surface area contributed by atoms with Gasteiger partial charge in [-0.1, -0.05) is 68.1 Å². The molecule has 1 aromatic carbocycles. The molecular formula is C44H65ClN2O11. The van der Waals surface area contributed by atoms with Crippen molar-refractivity contribution in [1.82, 2.24) is 9.80 Å². The van der Waals surface area contributed by atoms with Crippen LogP contribution in [0.1, 0.15) is 126 Å². The van der Waals surface area contributed by atoms with Gasteiger partial charge in [-0.15, -0.1) is 0 Å². The highest BCUT2D eigenvalue weighted by Crippen LogP contribution is 2.37. The minimum Gasteiger partial charge on any atom is -0.455 e. The van der Waals surface area contributed by atoms with E-state index in [-0.39, 0.29) is 49.8 Å². The summed E-state index contributed by atoms with van der Waals surface area (Å²) in [5.41, 5.74) is -2.10. The zero-order valence-corrected chi connectivity index (χ0v) is 36.8. The minimum atomic E-state index is -1.36. The van der Waals surface area contributed by atoms with E-state index in [9.17, 15) is 28.8 Å². The maximum atomic E-state index is 13.9. The average Bonchev–Trinajstić information content (AvgIpc) is 3.14. The van der Waals surface area contributed by atoms with Gasteiger partial charge in [-0.25, -0.2) is 4.79 Å². The van der Waals surface area contributed by atoms with Crippen LogP contribution in [0.3, 0.4) is 0 Å². The lowest BCUT2D eigenvalue weighted by atomic mass is 9.91. The Kier molecular flexibility index (Phi) is 17.8. The molecule has 324 valence electrons. The summed E-state index contributed by atoms with van der Waals surface area (Å²) in [6, 6.07) is 8.19. The number of ketones is 1. The summed E-state index contributed by atoms with van der Waals surface area (Å²) in [6.07, 6.45) is 0.642. The molecule has 0 saturated carbocycles. The van der Waals surface area contributed by atoms with E-state index >= 15 is 0 Å². The molecule has 1 aromatic rings. The van der Waals surface area contributed by atoms with Crippen LogP contribution in [0.4, 0.5) is 4.79 Å². The van der Waals surface area contributed by atoms with Crippen LogP contribution in [-0.4, -0.2) is 95.6 Å². The minimum absolute atomic E-state index is 0.0459. The van der Waals surface area contributed by atoms with Crippen LogP contribution >= 0.6 is 11.6 Å². The van der Waals surface area contributed by atoms with Crippen LogP contribution in [0.15, 0.2) is 41.6 Å². The van der Waals surface area contributed by atoms with Crippen molar-refractivity contribution in [3.63, 3.8) is 0 Å². The number of rotatable bonds is 17. The Bertz CT molecular complexity index is 1590. The standard InChI is InChI=1S/C44H65ClN2O11/c1-11-12-14-21-30(46(22-17-18-23-48)41(53)55-27-29-19-15-13-16-20-29)24-31-25-33(49)32(45)26-47(31)37-36(58-40(52)44(8,9)10)35(57-39(51)43(5,6)7)34(28-54-37)56-38(50)42(2,3)4/h13,15-16,19-20,23,26,30-31,34-37H,11-12,14,17-18,21-22,24-25,27-28H2,1-10H3/t30-,31+,34-,35?,36?,37+/m1/s1. The van der Waals surface area contributed by atoms with Gasteiger partial charge in [0, 0.05) is 37.7 Å². The molecule has 2 unspecified atom stereocenters. The van der Waals surface area contributed by atoms with Crippen molar-refractivity contribution < 1.29 is 52.5 Å². The van der Waals surface area contributed by atoms with Gasteiger partial charge in [0.25, 0.3) is 0 Å². The fraction of sp³-hybridized carbons (Fsp3) is 0.682. The van der Waals surface area contributed by atoms with Crippen molar-refractivity contribution in [1.29, 1.82) is 0 Å². The summed E-state index contributed by atoms with van der Waals surface area (Å²) >= 11 is 6.57. The Labute approximate surface area is 349 Å². The maximum absolute atomic E-state index is 13.9. The molecular weight excluding hydrogens is 768 g/mol. The first-order valence-corrected chi connectivity index (χ1v) is 20.8. The molecule has 0 bridgehead atoms. The first-order chi connectivity index (χ1) is 27.1. The Balaban J connectivity index is 2.13. The molecule has 0 N–H and O–H groups in total. The van der Waals surface area contributed by atoms with Crippen LogP contribution in [0.2, 0.25) is 0 Å². The summed E-state index contributed by atoms with van der Waals surface area (Å²) in [7, 11) is 0. The normalized spacial score (nSPS) is 22.0. The van der Waals surface area contributed by atoms with Gasteiger partial charge >= 0.3 is 24.0 Å². The molecule has 2 aliphatic rings. The van der Waals surface area contributed by atoms with Crippen molar-refractivity contribution in [2.24, 2.45) is 16.2 Å². The zero-order chi connectivity index (χ0) is 43.4. The molecule has 1 amide bonds. The molecule has 1 saturated heterocycles. The highest BCUT2D eigenvalue weighted by atomic mass is 35.5. The lowest BCUT2D eigenvalue weighted by Crippen LogP contribution is -2.64. The summed E-state index contributed by atoms with van der Waals surface area (Å²) < 4.78 is 30.6. The second-order valence-electron chi connectivity index (χ2n) is 18.3. The molecule has 2 heterocycles. The highest BCUT2D eigenvalue weighted by Gasteiger charge is 2.53. The van der Waals surface area contributed by atoms with Gasteiger partial charge < -0.3 is 38.3 Å². The molecule has 0 spiro atoms. The van der Waals surface area contributed by atoms with Crippen LogP contribution < -0.4 is 0 Å². The topological polar surface area (TPSA) is 155 Å². The molecule has 0 aliphatic carbocycles. The first kappa shape index (κ1) is 48.4. The van der Waals surface area contributed by atoms with Gasteiger partial charge in [0.2, 0.25) is 0 Å². The summed E-state index contributed by atoms with van der Waals surface area (Å²) in [4.78, 5) is 82.7. The SMILES string of the molecule is CCCCC[C@H](C[C@H]1CC(=O)C(Cl)=CN1[C@H]1OC[C@@H](OC(=O)C(C)(C)C)C(OC(=O)C(C)(C)C)C1OC(=O)C(C)(C)C)N(CCCC=O)C(=O)OCc1ccccc1. The number of esters is 3. The number of carbonyl (C=O) groups is 6. The van der Waals surface area contributed by atoms with E-state index in [1.54, 1.807) is 72.1 Å². The predicted octanol–water partition coefficient (Wildman–Crippen LogP) is 7.90. The number of allylic oxidation sites excluding steroid dienone is 1. The van der Waals surface area contributed by atoms with Gasteiger partial charge in [0.15, 0.2) is 30.3 Å². The van der Waals surface area contributed by atoms with Gasteiger partial charge in [-0.2, -0.15) is 0 Å². The number of amides is 1. The van der Waals surface area contributed by atoms with E-state index in [0.29, 0.717) is 12.8 Å². The predicted molar refractivity (Wildman–Crippen MR) is 218 cm³/mol. The second-order valence-corrected chi connectivity index (χ2v) is 18.7. The first-order valence-electron chi connectivity index (χ1n) is 20.4. The fourth-order valence-electron chi connectivity index (χ4n) is 6.42. The van der Waals surface area contributed by atoms with Crippen LogP contribution in [-0.2, 0) is 54.3 Å². The lowest BCUT2D eigenvalue weighted by Gasteiger charge is -2.49. The second kappa shape index (κ2) is 21.3. The molecule has 1 fully saturated rings. The number of benzene rings is 1. The molecule has 0 aromatic heterocycles. The third kappa shape index (κ3) is 14.1. The number of ether oxygens (including phenoxy) is 5. The quantitative estimate of drug-likeness (QED) is 0.0649. The zero-order valence-electron chi connectivity index (χ0n) is 36.0. The largest absolute Gasteiger partial charge is 0.455 e. The number of carbonyl (C=O) groups excluding carboxylic acids is 6. The van der Waals surface area contributed by atoms with Crippen molar-refractivity contribution in [3.8, 4) is 0 Å². The number of unbranched alkanes of at least 4 members (excludes halogenated alkanes) is 3. The number of Topliss-reactive ketones (excluding diaryl/α,β-unsaturated/α-hetero) is 1. The van der Waals surface area contributed by atoms with Crippen molar-refractivity contribution in [2.45, 2.75) is 164 Å². The molecule has 6 atom stereocenters. The van der Waals surface area contributed by atoms with E-state index in [1.807, 2.05) is 30.3 Å². The third-order valence-corrected chi connectivity index (χ3v) is 10.2. The number of halogens is 1. The van der Waals surface area contributed by atoms with Crippen LogP contribution in [0.5, 0.6) is 0 Å². The van der Waals surface area contributed by atoms with Crippen molar-refractivity contribution in [2.75, 3.05) is 13.2 Å². The Morgan fingerprint density at radius 1 is 0.879 bits per heavy atom. The monoisotopic (exact) mass is 832 g/mol. The average molecular weight is 833 g/mol. The molecule has 3 rings (SSSR count). The molecule has 58 heavy (non-hydrogen) atoms. The number of hydrogen-bond acceptors (Lipinski definition) is 12. The smallest absolute Gasteiger partial charge is 0.410 e. The fourth-order valence-corrected chi connectivity index (χ4v) is 6.61. The van der Waals surface area contributed by atoms with Gasteiger partial charge in [0.1, 0.15) is 12.9 Å². The Morgan fingerprint density at radius 2 is 1.47 bits per heavy atom. The van der Waals surface area contributed by atoms with Crippen LogP contribution in [0, 0.1) is 16.2 Å². The number of aldehydes is 1. The maximum Gasteiger partial charge on any atom is 0.410 e. The summed E-state index contributed by atoms with van der Waals surface area (Å²) in [5, 5.41) is -0.0853.